The van der Waals surface area contributed by atoms with Crippen molar-refractivity contribution >= 4 is 11.6 Å². The van der Waals surface area contributed by atoms with Gasteiger partial charge >= 0.3 is 0 Å². The lowest BCUT2D eigenvalue weighted by Gasteiger charge is -2.34. The second-order valence-corrected chi connectivity index (χ2v) is 5.39. The lowest BCUT2D eigenvalue weighted by molar-refractivity contribution is 0.0397. The van der Waals surface area contributed by atoms with Gasteiger partial charge in [-0.15, -0.1) is 11.6 Å². The number of halogens is 1. The van der Waals surface area contributed by atoms with Crippen molar-refractivity contribution < 1.29 is 4.74 Å². The van der Waals surface area contributed by atoms with Crippen LogP contribution < -0.4 is 0 Å². The lowest BCUT2D eigenvalue weighted by Crippen LogP contribution is -2.32. The van der Waals surface area contributed by atoms with Crippen molar-refractivity contribution in [1.29, 1.82) is 0 Å². The van der Waals surface area contributed by atoms with Crippen LogP contribution >= 0.6 is 11.6 Å². The first-order valence-corrected chi connectivity index (χ1v) is 6.43. The summed E-state index contributed by atoms with van der Waals surface area (Å²) in [7, 11) is 1.86. The first-order valence-electron chi connectivity index (χ1n) is 6.00. The topological polar surface area (TPSA) is 9.23 Å². The molecule has 14 heavy (non-hydrogen) atoms. The zero-order valence-electron chi connectivity index (χ0n) is 9.05. The smallest absolute Gasteiger partial charge is 0.0602 e. The van der Waals surface area contributed by atoms with Gasteiger partial charge in [0.2, 0.25) is 0 Å². The lowest BCUT2D eigenvalue weighted by atomic mass is 9.78. The van der Waals surface area contributed by atoms with E-state index in [4.69, 9.17) is 16.3 Å². The highest BCUT2D eigenvalue weighted by molar-refractivity contribution is 6.20. The van der Waals surface area contributed by atoms with Crippen LogP contribution in [0, 0.1) is 11.8 Å². The SMILES string of the molecule is COC1CCCC1C1CCCCC1Cl. The number of alkyl halides is 1. The number of ether oxygens (including phenoxy) is 1. The molecule has 0 spiro atoms. The summed E-state index contributed by atoms with van der Waals surface area (Å²) in [6, 6.07) is 0. The van der Waals surface area contributed by atoms with Crippen molar-refractivity contribution in [2.24, 2.45) is 11.8 Å². The molecule has 4 atom stereocenters. The van der Waals surface area contributed by atoms with Crippen LogP contribution in [-0.2, 0) is 4.74 Å². The molecule has 2 aliphatic carbocycles. The number of hydrogen-bond acceptors (Lipinski definition) is 1. The van der Waals surface area contributed by atoms with Gasteiger partial charge in [-0.3, -0.25) is 0 Å². The van der Waals surface area contributed by atoms with Gasteiger partial charge in [0.25, 0.3) is 0 Å². The van der Waals surface area contributed by atoms with E-state index in [1.165, 1.54) is 44.9 Å². The maximum absolute atomic E-state index is 6.43. The fourth-order valence-electron chi connectivity index (χ4n) is 3.33. The van der Waals surface area contributed by atoms with E-state index in [1.807, 2.05) is 7.11 Å². The average molecular weight is 217 g/mol. The van der Waals surface area contributed by atoms with Crippen LogP contribution in [0.1, 0.15) is 44.9 Å². The Kier molecular flexibility index (Phi) is 3.73. The maximum Gasteiger partial charge on any atom is 0.0602 e. The minimum atomic E-state index is 0.421. The van der Waals surface area contributed by atoms with Gasteiger partial charge in [0.15, 0.2) is 0 Å². The molecule has 2 saturated carbocycles. The van der Waals surface area contributed by atoms with Crippen LogP contribution in [0.4, 0.5) is 0 Å². The molecule has 82 valence electrons. The van der Waals surface area contributed by atoms with E-state index in [0.717, 1.165) is 11.8 Å². The Morgan fingerprint density at radius 1 is 0.929 bits per heavy atom. The predicted molar refractivity (Wildman–Crippen MR) is 59.7 cm³/mol. The molecule has 0 N–H and O–H groups in total. The van der Waals surface area contributed by atoms with Crippen molar-refractivity contribution in [2.45, 2.75) is 56.4 Å². The molecule has 2 aliphatic rings. The Hall–Kier alpha value is 0.250. The Morgan fingerprint density at radius 2 is 1.64 bits per heavy atom. The highest BCUT2D eigenvalue weighted by atomic mass is 35.5. The van der Waals surface area contributed by atoms with Gasteiger partial charge in [-0.2, -0.15) is 0 Å². The monoisotopic (exact) mass is 216 g/mol. The van der Waals surface area contributed by atoms with Crippen molar-refractivity contribution in [3.8, 4) is 0 Å². The molecule has 0 aliphatic heterocycles. The molecule has 1 nitrogen and oxygen atoms in total. The minimum absolute atomic E-state index is 0.421. The van der Waals surface area contributed by atoms with Crippen LogP contribution in [0.15, 0.2) is 0 Å². The zero-order valence-corrected chi connectivity index (χ0v) is 9.80. The highest BCUT2D eigenvalue weighted by Crippen LogP contribution is 2.42. The standard InChI is InChI=1S/C12H21ClO/c1-14-12-8-4-6-10(12)9-5-2-3-7-11(9)13/h9-12H,2-8H2,1H3. The Labute approximate surface area is 92.2 Å². The molecular weight excluding hydrogens is 196 g/mol. The normalized spacial score (nSPS) is 44.1. The van der Waals surface area contributed by atoms with Crippen LogP contribution in [0.2, 0.25) is 0 Å². The van der Waals surface area contributed by atoms with Crippen molar-refractivity contribution in [1.82, 2.24) is 0 Å². The fraction of sp³-hybridized carbons (Fsp3) is 1.00. The van der Waals surface area contributed by atoms with E-state index in [-0.39, 0.29) is 0 Å². The Balaban J connectivity index is 1.97. The van der Waals surface area contributed by atoms with Gasteiger partial charge in [-0.1, -0.05) is 19.3 Å². The summed E-state index contributed by atoms with van der Waals surface area (Å²) in [4.78, 5) is 0. The van der Waals surface area contributed by atoms with E-state index in [9.17, 15) is 0 Å². The molecule has 0 amide bonds. The summed E-state index contributed by atoms with van der Waals surface area (Å²) in [5.41, 5.74) is 0. The fourth-order valence-corrected chi connectivity index (χ4v) is 3.80. The van der Waals surface area contributed by atoms with Gasteiger partial charge in [-0.05, 0) is 37.5 Å². The molecule has 0 aromatic heterocycles. The Bertz CT molecular complexity index is 183. The molecule has 2 heteroatoms. The first kappa shape index (κ1) is 10.8. The second kappa shape index (κ2) is 4.85. The van der Waals surface area contributed by atoms with E-state index >= 15 is 0 Å². The summed E-state index contributed by atoms with van der Waals surface area (Å²) in [5.74, 6) is 1.49. The van der Waals surface area contributed by atoms with Gasteiger partial charge in [0.05, 0.1) is 6.10 Å². The first-order chi connectivity index (χ1) is 6.83. The number of rotatable bonds is 2. The third kappa shape index (κ3) is 2.09. The number of methoxy groups -OCH3 is 1. The molecule has 0 aromatic carbocycles. The largest absolute Gasteiger partial charge is 0.381 e. The minimum Gasteiger partial charge on any atom is -0.381 e. The van der Waals surface area contributed by atoms with E-state index in [0.29, 0.717) is 11.5 Å². The molecular formula is C12H21ClO. The predicted octanol–water partition coefficient (Wildman–Crippen LogP) is 3.60. The van der Waals surface area contributed by atoms with Crippen LogP contribution in [0.25, 0.3) is 0 Å². The molecule has 4 unspecified atom stereocenters. The van der Waals surface area contributed by atoms with E-state index in [1.54, 1.807) is 0 Å². The molecule has 0 radical (unpaired) electrons. The quantitative estimate of drug-likeness (QED) is 0.641. The summed E-state index contributed by atoms with van der Waals surface area (Å²) < 4.78 is 5.57. The third-order valence-electron chi connectivity index (χ3n) is 4.09. The molecule has 0 heterocycles. The van der Waals surface area contributed by atoms with E-state index in [2.05, 4.69) is 0 Å². The van der Waals surface area contributed by atoms with Gasteiger partial charge in [0.1, 0.15) is 0 Å². The van der Waals surface area contributed by atoms with Crippen molar-refractivity contribution in [3.63, 3.8) is 0 Å². The maximum atomic E-state index is 6.43. The van der Waals surface area contributed by atoms with Gasteiger partial charge < -0.3 is 4.74 Å². The van der Waals surface area contributed by atoms with Crippen LogP contribution in [0.5, 0.6) is 0 Å². The average Bonchev–Trinajstić information content (AvgIpc) is 2.66. The molecule has 0 bridgehead atoms. The highest BCUT2D eigenvalue weighted by Gasteiger charge is 2.38. The van der Waals surface area contributed by atoms with E-state index < -0.39 is 0 Å². The summed E-state index contributed by atoms with van der Waals surface area (Å²) in [6.07, 6.45) is 9.68. The molecule has 0 saturated heterocycles. The van der Waals surface area contributed by atoms with Gasteiger partial charge in [-0.25, -0.2) is 0 Å². The molecule has 2 fully saturated rings. The number of hydrogen-bond donors (Lipinski definition) is 0. The summed E-state index contributed by atoms with van der Waals surface area (Å²) in [5, 5.41) is 0.421. The van der Waals surface area contributed by atoms with Crippen molar-refractivity contribution in [2.75, 3.05) is 7.11 Å². The zero-order chi connectivity index (χ0) is 9.97. The second-order valence-electron chi connectivity index (χ2n) is 4.83. The third-order valence-corrected chi connectivity index (χ3v) is 4.63. The van der Waals surface area contributed by atoms with Gasteiger partial charge in [0, 0.05) is 12.5 Å². The molecule has 2 rings (SSSR count). The van der Waals surface area contributed by atoms with Crippen LogP contribution in [-0.4, -0.2) is 18.6 Å². The Morgan fingerprint density at radius 3 is 2.36 bits per heavy atom. The summed E-state index contributed by atoms with van der Waals surface area (Å²) >= 11 is 6.43. The van der Waals surface area contributed by atoms with Crippen molar-refractivity contribution in [3.05, 3.63) is 0 Å². The molecule has 0 aromatic rings. The van der Waals surface area contributed by atoms with Crippen LogP contribution in [0.3, 0.4) is 0 Å². The summed E-state index contributed by atoms with van der Waals surface area (Å²) in [6.45, 7) is 0.